The number of aliphatic imine (C=N–C) groups is 1. The zero-order valence-electron chi connectivity index (χ0n) is 12.1. The van der Waals surface area contributed by atoms with Crippen LogP contribution in [0.1, 0.15) is 24.0 Å². The van der Waals surface area contributed by atoms with Crippen molar-refractivity contribution in [1.82, 2.24) is 10.2 Å². The number of rotatable bonds is 4. The van der Waals surface area contributed by atoms with Gasteiger partial charge in [-0.3, -0.25) is 14.7 Å². The minimum absolute atomic E-state index is 0.220. The summed E-state index contributed by atoms with van der Waals surface area (Å²) in [6.07, 6.45) is 1.76. The topological polar surface area (TPSA) is 64.9 Å². The van der Waals surface area contributed by atoms with Crippen molar-refractivity contribution in [2.45, 2.75) is 19.4 Å². The first-order valence-corrected chi connectivity index (χ1v) is 7.55. The molecule has 112 valence electrons. The molecule has 5 nitrogen and oxygen atoms in total. The second kappa shape index (κ2) is 6.26. The number of piperidine rings is 1. The summed E-state index contributed by atoms with van der Waals surface area (Å²) < 4.78 is 0. The van der Waals surface area contributed by atoms with E-state index in [4.69, 9.17) is 5.11 Å². The van der Waals surface area contributed by atoms with E-state index < -0.39 is 5.97 Å². The normalized spacial score (nSPS) is 22.7. The first kappa shape index (κ1) is 14.1. The Morgan fingerprint density at radius 3 is 3.14 bits per heavy atom. The van der Waals surface area contributed by atoms with E-state index in [0.717, 1.165) is 50.4 Å². The van der Waals surface area contributed by atoms with Crippen molar-refractivity contribution < 1.29 is 9.90 Å². The van der Waals surface area contributed by atoms with Gasteiger partial charge in [-0.05, 0) is 31.0 Å². The van der Waals surface area contributed by atoms with Crippen molar-refractivity contribution in [2.24, 2.45) is 10.9 Å². The summed E-state index contributed by atoms with van der Waals surface area (Å²) in [6, 6.07) is 8.37. The second-order valence-electron chi connectivity index (χ2n) is 5.77. The summed E-state index contributed by atoms with van der Waals surface area (Å²) >= 11 is 0. The lowest BCUT2D eigenvalue weighted by atomic mass is 9.97. The third-order valence-electron chi connectivity index (χ3n) is 4.14. The number of aliphatic carboxylic acids is 1. The highest BCUT2D eigenvalue weighted by Crippen LogP contribution is 2.19. The van der Waals surface area contributed by atoms with E-state index in [1.165, 1.54) is 5.56 Å². The molecule has 2 aliphatic heterocycles. The van der Waals surface area contributed by atoms with Crippen LogP contribution in [0.4, 0.5) is 0 Å². The van der Waals surface area contributed by atoms with E-state index in [0.29, 0.717) is 6.54 Å². The predicted molar refractivity (Wildman–Crippen MR) is 81.5 cm³/mol. The Morgan fingerprint density at radius 1 is 1.48 bits per heavy atom. The van der Waals surface area contributed by atoms with Crippen LogP contribution in [0, 0.1) is 5.92 Å². The van der Waals surface area contributed by atoms with Gasteiger partial charge in [0.2, 0.25) is 0 Å². The van der Waals surface area contributed by atoms with Gasteiger partial charge >= 0.3 is 5.97 Å². The maximum absolute atomic E-state index is 11.1. The van der Waals surface area contributed by atoms with Gasteiger partial charge in [0.1, 0.15) is 5.84 Å². The molecule has 0 bridgehead atoms. The third kappa shape index (κ3) is 3.42. The monoisotopic (exact) mass is 287 g/mol. The molecule has 2 heterocycles. The van der Waals surface area contributed by atoms with E-state index >= 15 is 0 Å². The van der Waals surface area contributed by atoms with Crippen molar-refractivity contribution in [3.63, 3.8) is 0 Å². The highest BCUT2D eigenvalue weighted by Gasteiger charge is 2.25. The van der Waals surface area contributed by atoms with Gasteiger partial charge in [-0.25, -0.2) is 0 Å². The Morgan fingerprint density at radius 2 is 2.38 bits per heavy atom. The lowest BCUT2D eigenvalue weighted by Crippen LogP contribution is -2.38. The molecule has 0 radical (unpaired) electrons. The van der Waals surface area contributed by atoms with Gasteiger partial charge in [0.25, 0.3) is 0 Å². The van der Waals surface area contributed by atoms with Gasteiger partial charge in [0.05, 0.1) is 12.5 Å². The number of carboxylic acid groups (broad SMARTS) is 1. The van der Waals surface area contributed by atoms with Gasteiger partial charge in [-0.2, -0.15) is 0 Å². The molecule has 2 aliphatic rings. The minimum Gasteiger partial charge on any atom is -0.481 e. The van der Waals surface area contributed by atoms with E-state index in [-0.39, 0.29) is 5.92 Å². The van der Waals surface area contributed by atoms with Crippen LogP contribution in [0.25, 0.3) is 0 Å². The molecule has 1 aromatic rings. The van der Waals surface area contributed by atoms with Gasteiger partial charge in [0.15, 0.2) is 0 Å². The van der Waals surface area contributed by atoms with Crippen LogP contribution in [0.5, 0.6) is 0 Å². The molecular formula is C16H21N3O2. The lowest BCUT2D eigenvalue weighted by molar-refractivity contribution is -0.143. The molecule has 5 heteroatoms. The fourth-order valence-electron chi connectivity index (χ4n) is 3.07. The summed E-state index contributed by atoms with van der Waals surface area (Å²) in [6.45, 7) is 4.19. The fourth-order valence-corrected chi connectivity index (χ4v) is 3.07. The van der Waals surface area contributed by atoms with Crippen LogP contribution >= 0.6 is 0 Å². The SMILES string of the molecule is O=C(O)C1CCCN(Cc2cccc(C3=NCCN3)c2)C1. The van der Waals surface area contributed by atoms with E-state index in [1.807, 2.05) is 6.07 Å². The second-order valence-corrected chi connectivity index (χ2v) is 5.77. The number of nitrogens with zero attached hydrogens (tertiary/aromatic N) is 2. The van der Waals surface area contributed by atoms with Gasteiger partial charge < -0.3 is 10.4 Å². The first-order chi connectivity index (χ1) is 10.2. The van der Waals surface area contributed by atoms with Gasteiger partial charge in [0, 0.05) is 25.2 Å². The molecule has 3 rings (SSSR count). The zero-order valence-corrected chi connectivity index (χ0v) is 12.1. The molecule has 1 unspecified atom stereocenters. The summed E-state index contributed by atoms with van der Waals surface area (Å²) in [5.74, 6) is 0.0830. The number of hydrogen-bond acceptors (Lipinski definition) is 4. The van der Waals surface area contributed by atoms with Crippen LogP contribution in [-0.2, 0) is 11.3 Å². The van der Waals surface area contributed by atoms with E-state index in [1.54, 1.807) is 0 Å². The molecule has 1 aromatic carbocycles. The van der Waals surface area contributed by atoms with E-state index in [2.05, 4.69) is 33.4 Å². The maximum atomic E-state index is 11.1. The molecule has 1 saturated heterocycles. The first-order valence-electron chi connectivity index (χ1n) is 7.55. The largest absolute Gasteiger partial charge is 0.481 e. The van der Waals surface area contributed by atoms with Crippen LogP contribution < -0.4 is 5.32 Å². The van der Waals surface area contributed by atoms with Crippen LogP contribution in [-0.4, -0.2) is 48.0 Å². The van der Waals surface area contributed by atoms with Crippen molar-refractivity contribution in [3.05, 3.63) is 35.4 Å². The Labute approximate surface area is 124 Å². The predicted octanol–water partition coefficient (Wildman–Crippen LogP) is 1.33. The van der Waals surface area contributed by atoms with Gasteiger partial charge in [-0.15, -0.1) is 0 Å². The highest BCUT2D eigenvalue weighted by molar-refractivity contribution is 5.99. The van der Waals surface area contributed by atoms with Gasteiger partial charge in [-0.1, -0.05) is 18.2 Å². The fraction of sp³-hybridized carbons (Fsp3) is 0.500. The van der Waals surface area contributed by atoms with Crippen molar-refractivity contribution in [1.29, 1.82) is 0 Å². The number of carbonyl (C=O) groups is 1. The molecule has 0 aliphatic carbocycles. The molecular weight excluding hydrogens is 266 g/mol. The van der Waals surface area contributed by atoms with E-state index in [9.17, 15) is 4.79 Å². The Kier molecular flexibility index (Phi) is 4.20. The zero-order chi connectivity index (χ0) is 14.7. The lowest BCUT2D eigenvalue weighted by Gasteiger charge is -2.30. The number of carboxylic acids is 1. The molecule has 2 N–H and O–H groups in total. The average Bonchev–Trinajstić information content (AvgIpc) is 3.02. The Bertz CT molecular complexity index is 556. The van der Waals surface area contributed by atoms with Crippen LogP contribution in [0.2, 0.25) is 0 Å². The third-order valence-corrected chi connectivity index (χ3v) is 4.14. The molecule has 0 spiro atoms. The molecule has 1 atom stereocenters. The number of benzene rings is 1. The number of likely N-dealkylation sites (tertiary alicyclic amines) is 1. The van der Waals surface area contributed by atoms with Crippen molar-refractivity contribution in [3.8, 4) is 0 Å². The Balaban J connectivity index is 1.67. The summed E-state index contributed by atoms with van der Waals surface area (Å²) in [5.41, 5.74) is 2.34. The quantitative estimate of drug-likeness (QED) is 0.877. The van der Waals surface area contributed by atoms with Crippen LogP contribution in [0.3, 0.4) is 0 Å². The van der Waals surface area contributed by atoms with Crippen LogP contribution in [0.15, 0.2) is 29.3 Å². The average molecular weight is 287 g/mol. The number of hydrogen-bond donors (Lipinski definition) is 2. The van der Waals surface area contributed by atoms with Crippen molar-refractivity contribution >= 4 is 11.8 Å². The maximum Gasteiger partial charge on any atom is 0.307 e. The molecule has 0 saturated carbocycles. The minimum atomic E-state index is -0.669. The summed E-state index contributed by atoms with van der Waals surface area (Å²) in [7, 11) is 0. The summed E-state index contributed by atoms with van der Waals surface area (Å²) in [5, 5.41) is 12.4. The summed E-state index contributed by atoms with van der Waals surface area (Å²) in [4.78, 5) is 17.8. The molecule has 1 fully saturated rings. The highest BCUT2D eigenvalue weighted by atomic mass is 16.4. The van der Waals surface area contributed by atoms with Crippen molar-refractivity contribution in [2.75, 3.05) is 26.2 Å². The molecule has 0 amide bonds. The standard InChI is InChI=1S/C16H21N3O2/c20-16(21)14-5-2-8-19(11-14)10-12-3-1-4-13(9-12)15-17-6-7-18-15/h1,3-4,9,14H,2,5-8,10-11H2,(H,17,18)(H,20,21). The molecule has 0 aromatic heterocycles. The molecule has 21 heavy (non-hydrogen) atoms. The Hall–Kier alpha value is -1.88. The number of nitrogens with one attached hydrogen (secondary N) is 1. The number of amidine groups is 1. The smallest absolute Gasteiger partial charge is 0.307 e.